The molecule has 0 unspecified atom stereocenters. The Bertz CT molecular complexity index is 4980. The SMILES string of the molecule is COc1ccc(OC)c(-c2[c]c(-c3ccc(C)nc3)c(-c3cccc(-c4cc(O)cc(F)c4-c4cccc(-c5cccc(O)c5-c5cc(OC)cc(-c6cccc(O)c6-c6cc(OC)cc(-c7cccc(OC(C)=O)c7)c6OC)c5OC)c4Oc4ccccc4)c3Cl)c(C)n2)c1. The van der Waals surface area contributed by atoms with Crippen LogP contribution in [0.2, 0.25) is 5.02 Å². The number of phenolic OH excluding ortho intramolecular Hbond substituents is 3. The molecule has 14 nitrogen and oxygen atoms in total. The molecule has 0 bridgehead atoms. The minimum Gasteiger partial charge on any atom is -0.508 e. The first-order valence-corrected chi connectivity index (χ1v) is 30.7. The number of hydrogen-bond acceptors (Lipinski definition) is 14. The summed E-state index contributed by atoms with van der Waals surface area (Å²) < 4.78 is 66.4. The minimum atomic E-state index is -0.803. The maximum absolute atomic E-state index is 17.8. The summed E-state index contributed by atoms with van der Waals surface area (Å²) >= 11 is 7.77. The fraction of sp³-hybridized carbons (Fsp3) is 0.113. The molecule has 0 atom stereocenters. The number of methoxy groups -OCH3 is 6. The molecule has 0 aliphatic heterocycles. The molecule has 0 saturated heterocycles. The van der Waals surface area contributed by atoms with Gasteiger partial charge in [-0.05, 0) is 127 Å². The first-order valence-electron chi connectivity index (χ1n) is 30.3. The topological polar surface area (TPSA) is 177 Å². The number of carbonyl (C=O) groups is 1. The van der Waals surface area contributed by atoms with Crippen LogP contribution >= 0.6 is 11.6 Å². The van der Waals surface area contributed by atoms with Crippen LogP contribution in [0, 0.1) is 25.7 Å². The average Bonchev–Trinajstić information content (AvgIpc) is 0.750. The van der Waals surface area contributed by atoms with Crippen LogP contribution in [-0.2, 0) is 4.79 Å². The summed E-state index contributed by atoms with van der Waals surface area (Å²) in [6, 6.07) is 59.2. The number of aromatic nitrogens is 2. The van der Waals surface area contributed by atoms with Crippen molar-refractivity contribution in [1.29, 1.82) is 0 Å². The maximum atomic E-state index is 17.8. The van der Waals surface area contributed by atoms with E-state index in [1.165, 1.54) is 41.4 Å². The number of rotatable bonds is 19. The molecule has 0 aliphatic carbocycles. The van der Waals surface area contributed by atoms with Crippen LogP contribution in [0.25, 0.3) is 111 Å². The predicted molar refractivity (Wildman–Crippen MR) is 372 cm³/mol. The molecule has 0 saturated carbocycles. The van der Waals surface area contributed by atoms with Crippen molar-refractivity contribution in [2.45, 2.75) is 20.8 Å². The van der Waals surface area contributed by atoms with Crippen molar-refractivity contribution in [3.63, 3.8) is 0 Å². The third-order valence-electron chi connectivity index (χ3n) is 16.5. The van der Waals surface area contributed by atoms with Crippen LogP contribution in [0.4, 0.5) is 4.39 Å². The van der Waals surface area contributed by atoms with Crippen LogP contribution in [0.5, 0.6) is 69.0 Å². The number of carbonyl (C=O) groups excluding carboxylic acids is 1. The molecule has 12 aromatic rings. The van der Waals surface area contributed by atoms with Crippen molar-refractivity contribution in [1.82, 2.24) is 9.97 Å². The van der Waals surface area contributed by atoms with E-state index in [4.69, 9.17) is 54.5 Å². The Hall–Kier alpha value is -11.8. The Kier molecular flexibility index (Phi) is 18.4. The van der Waals surface area contributed by atoms with Crippen LogP contribution in [0.3, 0.4) is 0 Å². The van der Waals surface area contributed by atoms with Crippen molar-refractivity contribution in [3.8, 4) is 180 Å². The Morgan fingerprint density at radius 1 is 0.448 bits per heavy atom. The number of benzene rings is 10. The lowest BCUT2D eigenvalue weighted by Gasteiger charge is -2.24. The van der Waals surface area contributed by atoms with Crippen molar-refractivity contribution in [2.75, 3.05) is 42.7 Å². The lowest BCUT2D eigenvalue weighted by molar-refractivity contribution is -0.131. The fourth-order valence-corrected chi connectivity index (χ4v) is 12.6. The number of para-hydroxylation sites is 2. The highest BCUT2D eigenvalue weighted by Crippen LogP contribution is 2.56. The molecule has 0 aliphatic rings. The van der Waals surface area contributed by atoms with Gasteiger partial charge in [0, 0.05) is 120 Å². The summed E-state index contributed by atoms with van der Waals surface area (Å²) in [5.74, 6) is 1.42. The van der Waals surface area contributed by atoms with E-state index in [9.17, 15) is 20.1 Å². The van der Waals surface area contributed by atoms with Gasteiger partial charge < -0.3 is 53.2 Å². The minimum absolute atomic E-state index is 0.0251. The van der Waals surface area contributed by atoms with E-state index < -0.39 is 11.8 Å². The van der Waals surface area contributed by atoms with Gasteiger partial charge in [0.25, 0.3) is 0 Å². The highest BCUT2D eigenvalue weighted by molar-refractivity contribution is 6.36. The highest BCUT2D eigenvalue weighted by atomic mass is 35.5. The first kappa shape index (κ1) is 64.3. The number of ether oxygens (including phenoxy) is 8. The van der Waals surface area contributed by atoms with Crippen LogP contribution in [0.15, 0.2) is 200 Å². The van der Waals surface area contributed by atoms with E-state index in [0.717, 1.165) is 17.3 Å². The van der Waals surface area contributed by atoms with Crippen LogP contribution in [-0.4, -0.2) is 73.9 Å². The first-order chi connectivity index (χ1) is 46.5. The monoisotopic (exact) mass is 1300 g/mol. The Morgan fingerprint density at radius 2 is 1.02 bits per heavy atom. The van der Waals surface area contributed by atoms with Gasteiger partial charge in [-0.25, -0.2) is 4.39 Å². The molecule has 1 radical (unpaired) electrons. The molecular weight excluding hydrogens is 1240 g/mol. The Morgan fingerprint density at radius 3 is 1.66 bits per heavy atom. The van der Waals surface area contributed by atoms with E-state index in [2.05, 4.69) is 11.1 Å². The molecular formula is C80H63ClFN2O12. The molecule has 2 heterocycles. The van der Waals surface area contributed by atoms with E-state index in [1.54, 1.807) is 136 Å². The van der Waals surface area contributed by atoms with E-state index in [0.29, 0.717) is 130 Å². The standard InChI is InChI=1S/C80H63ClFN2O12/c1-44-30-31-48(43-83-44)61-42-69(65-37-51(89-4)32-33-72(65)92-7)84-45(2)73(61)59-26-14-24-57(77(59)81)63-35-49(86)36-68(82)74(63)60-27-15-25-58(80(60)96-50-19-11-10-12-20-50)55-22-16-28-70(87)75(55)67-41-54(91-6)39-64(79(67)94-9)56-23-17-29-71(88)76(56)66-40-53(90-5)38-62(78(66)93-8)47-18-13-21-52(34-47)95-46(3)85/h10-41,43,86-88H,1-9H3. The number of phenols is 3. The quantitative estimate of drug-likeness (QED) is 0.0515. The lowest BCUT2D eigenvalue weighted by Crippen LogP contribution is -2.01. The summed E-state index contributed by atoms with van der Waals surface area (Å²) in [6.45, 7) is 5.10. The molecule has 16 heteroatoms. The number of hydrogen-bond donors (Lipinski definition) is 3. The van der Waals surface area contributed by atoms with Gasteiger partial charge in [0.2, 0.25) is 0 Å². The molecule has 0 fully saturated rings. The third kappa shape index (κ3) is 12.4. The van der Waals surface area contributed by atoms with Crippen molar-refractivity contribution >= 4 is 17.6 Å². The molecule has 0 spiro atoms. The van der Waals surface area contributed by atoms with Gasteiger partial charge in [-0.15, -0.1) is 0 Å². The van der Waals surface area contributed by atoms with Gasteiger partial charge in [-0.2, -0.15) is 0 Å². The smallest absolute Gasteiger partial charge is 0.308 e. The van der Waals surface area contributed by atoms with Gasteiger partial charge in [-0.1, -0.05) is 109 Å². The van der Waals surface area contributed by atoms with Gasteiger partial charge in [0.05, 0.1) is 53.4 Å². The zero-order valence-corrected chi connectivity index (χ0v) is 54.5. The summed E-state index contributed by atoms with van der Waals surface area (Å²) in [5.41, 5.74) is 10.1. The molecule has 0 amide bonds. The van der Waals surface area contributed by atoms with Gasteiger partial charge in [-0.3, -0.25) is 14.8 Å². The maximum Gasteiger partial charge on any atom is 0.308 e. The molecule has 96 heavy (non-hydrogen) atoms. The van der Waals surface area contributed by atoms with Crippen molar-refractivity contribution in [3.05, 3.63) is 229 Å². The van der Waals surface area contributed by atoms with E-state index >= 15 is 4.39 Å². The van der Waals surface area contributed by atoms with E-state index in [1.807, 2.05) is 80.6 Å². The molecule has 10 aromatic carbocycles. The second kappa shape index (κ2) is 27.4. The van der Waals surface area contributed by atoms with Crippen LogP contribution in [0.1, 0.15) is 18.3 Å². The Balaban J connectivity index is 1.06. The van der Waals surface area contributed by atoms with Gasteiger partial charge >= 0.3 is 5.97 Å². The van der Waals surface area contributed by atoms with Crippen molar-refractivity contribution < 1.29 is 62.4 Å². The van der Waals surface area contributed by atoms with Gasteiger partial charge in [0.1, 0.15) is 74.8 Å². The summed E-state index contributed by atoms with van der Waals surface area (Å²) in [4.78, 5) is 21.8. The number of nitrogens with zero attached hydrogens (tertiary/aromatic N) is 2. The predicted octanol–water partition coefficient (Wildman–Crippen LogP) is 19.2. The largest absolute Gasteiger partial charge is 0.508 e. The van der Waals surface area contributed by atoms with Gasteiger partial charge in [0.15, 0.2) is 0 Å². The molecule has 2 aromatic heterocycles. The lowest BCUT2D eigenvalue weighted by atomic mass is 9.85. The zero-order valence-electron chi connectivity index (χ0n) is 53.7. The Labute approximate surface area is 559 Å². The molecule has 3 N–H and O–H groups in total. The summed E-state index contributed by atoms with van der Waals surface area (Å²) in [5, 5.41) is 36.4. The van der Waals surface area contributed by atoms with Crippen LogP contribution < -0.4 is 37.9 Å². The normalized spacial score (nSPS) is 11.0. The number of esters is 1. The second-order valence-corrected chi connectivity index (χ2v) is 22.7. The number of pyridine rings is 2. The summed E-state index contributed by atoms with van der Waals surface area (Å²) in [6.07, 6.45) is 1.76. The van der Waals surface area contributed by atoms with E-state index in [-0.39, 0.29) is 56.0 Å². The fourth-order valence-electron chi connectivity index (χ4n) is 12.2. The average molecular weight is 1300 g/mol. The zero-order chi connectivity index (χ0) is 67.5. The number of aryl methyl sites for hydroxylation is 2. The molecule has 12 rings (SSSR count). The molecule has 479 valence electrons. The summed E-state index contributed by atoms with van der Waals surface area (Å²) in [7, 11) is 9.23. The highest BCUT2D eigenvalue weighted by Gasteiger charge is 2.31. The number of halogens is 2. The number of aromatic hydroxyl groups is 3. The third-order valence-corrected chi connectivity index (χ3v) is 16.9. The second-order valence-electron chi connectivity index (χ2n) is 22.3. The van der Waals surface area contributed by atoms with Crippen molar-refractivity contribution in [2.24, 2.45) is 0 Å².